The lowest BCUT2D eigenvalue weighted by molar-refractivity contribution is -0.137. The van der Waals surface area contributed by atoms with E-state index in [-0.39, 0.29) is 17.9 Å². The SMILES string of the molecule is CC1NC(=O)C2(CC2)NC1=O. The van der Waals surface area contributed by atoms with Crippen LogP contribution in [-0.4, -0.2) is 23.4 Å². The maximum Gasteiger partial charge on any atom is 0.246 e. The smallest absolute Gasteiger partial charge is 0.246 e. The molecule has 1 heterocycles. The molecule has 1 saturated carbocycles. The van der Waals surface area contributed by atoms with Crippen molar-refractivity contribution in [1.29, 1.82) is 0 Å². The average Bonchev–Trinajstić information content (AvgIpc) is 2.66. The van der Waals surface area contributed by atoms with Crippen LogP contribution in [0.25, 0.3) is 0 Å². The Morgan fingerprint density at radius 1 is 1.45 bits per heavy atom. The maximum atomic E-state index is 11.2. The number of hydrogen-bond acceptors (Lipinski definition) is 2. The molecule has 4 heteroatoms. The summed E-state index contributed by atoms with van der Waals surface area (Å²) in [6.07, 6.45) is 1.58. The molecular formula is C7H10N2O2. The van der Waals surface area contributed by atoms with Crippen LogP contribution in [0.2, 0.25) is 0 Å². The van der Waals surface area contributed by atoms with E-state index in [2.05, 4.69) is 10.6 Å². The Labute approximate surface area is 64.3 Å². The van der Waals surface area contributed by atoms with Gasteiger partial charge in [0.2, 0.25) is 11.8 Å². The fraction of sp³-hybridized carbons (Fsp3) is 0.714. The topological polar surface area (TPSA) is 58.2 Å². The van der Waals surface area contributed by atoms with Gasteiger partial charge in [-0.1, -0.05) is 0 Å². The summed E-state index contributed by atoms with van der Waals surface area (Å²) in [4.78, 5) is 22.3. The molecule has 11 heavy (non-hydrogen) atoms. The Bertz CT molecular complexity index is 233. The van der Waals surface area contributed by atoms with Crippen molar-refractivity contribution < 1.29 is 9.59 Å². The Hall–Kier alpha value is -1.06. The minimum Gasteiger partial charge on any atom is -0.343 e. The van der Waals surface area contributed by atoms with Crippen molar-refractivity contribution in [3.8, 4) is 0 Å². The van der Waals surface area contributed by atoms with E-state index in [1.165, 1.54) is 0 Å². The first kappa shape index (κ1) is 6.64. The van der Waals surface area contributed by atoms with E-state index in [1.807, 2.05) is 0 Å². The highest BCUT2D eigenvalue weighted by atomic mass is 16.2. The van der Waals surface area contributed by atoms with Crippen LogP contribution in [0.4, 0.5) is 0 Å². The van der Waals surface area contributed by atoms with E-state index >= 15 is 0 Å². The van der Waals surface area contributed by atoms with E-state index in [0.29, 0.717) is 0 Å². The molecule has 0 bridgehead atoms. The summed E-state index contributed by atoms with van der Waals surface area (Å²) >= 11 is 0. The number of carbonyl (C=O) groups is 2. The van der Waals surface area contributed by atoms with Crippen LogP contribution in [0.5, 0.6) is 0 Å². The second-order valence-corrected chi connectivity index (χ2v) is 3.27. The molecule has 0 radical (unpaired) electrons. The molecule has 0 aromatic carbocycles. The quantitative estimate of drug-likeness (QED) is 0.477. The van der Waals surface area contributed by atoms with Gasteiger partial charge in [0.25, 0.3) is 0 Å². The molecule has 1 saturated heterocycles. The molecule has 0 aromatic rings. The van der Waals surface area contributed by atoms with Gasteiger partial charge in [0, 0.05) is 0 Å². The zero-order valence-electron chi connectivity index (χ0n) is 6.31. The fourth-order valence-electron chi connectivity index (χ4n) is 1.28. The first-order valence-corrected chi connectivity index (χ1v) is 3.77. The predicted molar refractivity (Wildman–Crippen MR) is 37.7 cm³/mol. The minimum atomic E-state index is -0.510. The molecule has 4 nitrogen and oxygen atoms in total. The van der Waals surface area contributed by atoms with Crippen molar-refractivity contribution >= 4 is 11.8 Å². The summed E-state index contributed by atoms with van der Waals surface area (Å²) in [6.45, 7) is 1.68. The summed E-state index contributed by atoms with van der Waals surface area (Å²) < 4.78 is 0. The molecule has 2 aliphatic rings. The van der Waals surface area contributed by atoms with Gasteiger partial charge < -0.3 is 10.6 Å². The van der Waals surface area contributed by atoms with Crippen molar-refractivity contribution in [2.24, 2.45) is 0 Å². The molecule has 2 rings (SSSR count). The molecule has 1 unspecified atom stereocenters. The lowest BCUT2D eigenvalue weighted by Gasteiger charge is -2.27. The van der Waals surface area contributed by atoms with Crippen molar-refractivity contribution in [3.63, 3.8) is 0 Å². The van der Waals surface area contributed by atoms with Gasteiger partial charge in [-0.2, -0.15) is 0 Å². The first-order chi connectivity index (χ1) is 5.14. The number of hydrogen-bond donors (Lipinski definition) is 2. The minimum absolute atomic E-state index is 0.0235. The Kier molecular flexibility index (Phi) is 1.06. The van der Waals surface area contributed by atoms with Crippen LogP contribution in [-0.2, 0) is 9.59 Å². The highest BCUT2D eigenvalue weighted by Crippen LogP contribution is 2.37. The summed E-state index contributed by atoms with van der Waals surface area (Å²) in [5.74, 6) is -0.0910. The van der Waals surface area contributed by atoms with E-state index in [1.54, 1.807) is 6.92 Å². The van der Waals surface area contributed by atoms with Gasteiger partial charge in [-0.15, -0.1) is 0 Å². The van der Waals surface area contributed by atoms with Gasteiger partial charge >= 0.3 is 0 Å². The largest absolute Gasteiger partial charge is 0.343 e. The summed E-state index contributed by atoms with van der Waals surface area (Å²) in [5, 5.41) is 5.35. The summed E-state index contributed by atoms with van der Waals surface area (Å²) in [7, 11) is 0. The van der Waals surface area contributed by atoms with Crippen LogP contribution in [0.15, 0.2) is 0 Å². The molecule has 2 amide bonds. The van der Waals surface area contributed by atoms with Crippen LogP contribution < -0.4 is 10.6 Å². The monoisotopic (exact) mass is 154 g/mol. The Balaban J connectivity index is 2.18. The summed E-state index contributed by atoms with van der Waals surface area (Å²) in [5.41, 5.74) is -0.510. The molecule has 1 aliphatic heterocycles. The molecule has 60 valence electrons. The Morgan fingerprint density at radius 2 is 2.09 bits per heavy atom. The van der Waals surface area contributed by atoms with Crippen molar-refractivity contribution in [2.75, 3.05) is 0 Å². The third-order valence-corrected chi connectivity index (χ3v) is 2.29. The number of rotatable bonds is 0. The van der Waals surface area contributed by atoms with Crippen molar-refractivity contribution in [2.45, 2.75) is 31.3 Å². The standard InChI is InChI=1S/C7H10N2O2/c1-4-5(10)9-7(2-3-7)6(11)8-4/h4H,2-3H2,1H3,(H,8,11)(H,9,10). The normalized spacial score (nSPS) is 33.0. The Morgan fingerprint density at radius 3 is 2.64 bits per heavy atom. The van der Waals surface area contributed by atoms with Gasteiger partial charge in [0.05, 0.1) is 0 Å². The second-order valence-electron chi connectivity index (χ2n) is 3.27. The second kappa shape index (κ2) is 1.75. The molecule has 1 spiro atoms. The molecule has 0 aromatic heterocycles. The molecular weight excluding hydrogens is 144 g/mol. The molecule has 2 N–H and O–H groups in total. The van der Waals surface area contributed by atoms with Gasteiger partial charge in [-0.05, 0) is 19.8 Å². The number of nitrogens with one attached hydrogen (secondary N) is 2. The van der Waals surface area contributed by atoms with Crippen LogP contribution in [0, 0.1) is 0 Å². The third kappa shape index (κ3) is 0.818. The maximum absolute atomic E-state index is 11.2. The van der Waals surface area contributed by atoms with Crippen molar-refractivity contribution in [3.05, 3.63) is 0 Å². The number of piperazine rings is 1. The van der Waals surface area contributed by atoms with E-state index in [9.17, 15) is 9.59 Å². The highest BCUT2D eigenvalue weighted by molar-refractivity contribution is 6.01. The summed E-state index contributed by atoms with van der Waals surface area (Å²) in [6, 6.07) is -0.367. The van der Waals surface area contributed by atoms with Crippen LogP contribution in [0.1, 0.15) is 19.8 Å². The molecule has 1 aliphatic carbocycles. The van der Waals surface area contributed by atoms with Crippen LogP contribution in [0.3, 0.4) is 0 Å². The number of carbonyl (C=O) groups excluding carboxylic acids is 2. The number of amides is 2. The van der Waals surface area contributed by atoms with E-state index in [4.69, 9.17) is 0 Å². The lowest BCUT2D eigenvalue weighted by Crippen LogP contribution is -2.62. The zero-order valence-corrected chi connectivity index (χ0v) is 6.31. The van der Waals surface area contributed by atoms with E-state index in [0.717, 1.165) is 12.8 Å². The molecule has 2 fully saturated rings. The lowest BCUT2D eigenvalue weighted by atomic mass is 10.1. The van der Waals surface area contributed by atoms with Gasteiger partial charge in [0.15, 0.2) is 0 Å². The van der Waals surface area contributed by atoms with Gasteiger partial charge in [0.1, 0.15) is 11.6 Å². The highest BCUT2D eigenvalue weighted by Gasteiger charge is 2.54. The average molecular weight is 154 g/mol. The predicted octanol–water partition coefficient (Wildman–Crippen LogP) is -0.847. The van der Waals surface area contributed by atoms with Gasteiger partial charge in [-0.25, -0.2) is 0 Å². The zero-order chi connectivity index (χ0) is 8.06. The van der Waals surface area contributed by atoms with Gasteiger partial charge in [-0.3, -0.25) is 9.59 Å². The molecule has 1 atom stereocenters. The van der Waals surface area contributed by atoms with Crippen molar-refractivity contribution in [1.82, 2.24) is 10.6 Å². The first-order valence-electron chi connectivity index (χ1n) is 3.77. The fourth-order valence-corrected chi connectivity index (χ4v) is 1.28. The van der Waals surface area contributed by atoms with E-state index < -0.39 is 5.54 Å². The third-order valence-electron chi connectivity index (χ3n) is 2.29. The van der Waals surface area contributed by atoms with Crippen LogP contribution >= 0.6 is 0 Å².